The molecule has 1 heterocycles. The number of hydrogen-bond donors (Lipinski definition) is 2. The number of nitrogens with one attached hydrogen (secondary N) is 2. The topological polar surface area (TPSA) is 105 Å². The van der Waals surface area contributed by atoms with Crippen LogP contribution in [0.25, 0.3) is 11.3 Å². The molecular weight excluding hydrogens is 434 g/mol. The Morgan fingerprint density at radius 1 is 1.03 bits per heavy atom. The van der Waals surface area contributed by atoms with Gasteiger partial charge in [-0.25, -0.2) is 13.4 Å². The molecule has 7 nitrogen and oxygen atoms in total. The van der Waals surface area contributed by atoms with Crippen LogP contribution in [0.4, 0.5) is 10.8 Å². The molecule has 9 heteroatoms. The molecule has 0 aliphatic rings. The van der Waals surface area contributed by atoms with Crippen molar-refractivity contribution >= 4 is 43.8 Å². The van der Waals surface area contributed by atoms with Gasteiger partial charge in [-0.05, 0) is 31.0 Å². The summed E-state index contributed by atoms with van der Waals surface area (Å²) in [6.07, 6.45) is 0.862. The maximum Gasteiger partial charge on any atom is 0.244 e. The first-order chi connectivity index (χ1) is 14.8. The molecule has 2 aromatic carbocycles. The van der Waals surface area contributed by atoms with Crippen molar-refractivity contribution in [3.05, 3.63) is 65.5 Å². The molecule has 0 aliphatic heterocycles. The van der Waals surface area contributed by atoms with Gasteiger partial charge in [-0.3, -0.25) is 9.59 Å². The van der Waals surface area contributed by atoms with Crippen molar-refractivity contribution in [2.45, 2.75) is 25.5 Å². The largest absolute Gasteiger partial charge is 0.325 e. The van der Waals surface area contributed by atoms with Crippen LogP contribution in [-0.2, 0) is 25.8 Å². The molecular formula is C22H23N3O4S2. The van der Waals surface area contributed by atoms with Crippen molar-refractivity contribution in [3.63, 3.8) is 0 Å². The van der Waals surface area contributed by atoms with Crippen LogP contribution in [0.3, 0.4) is 0 Å². The van der Waals surface area contributed by atoms with Crippen molar-refractivity contribution in [3.8, 4) is 11.3 Å². The minimum atomic E-state index is -4.00. The molecule has 2 N–H and O–H groups in total. The van der Waals surface area contributed by atoms with Gasteiger partial charge in [-0.15, -0.1) is 11.3 Å². The van der Waals surface area contributed by atoms with Crippen LogP contribution in [0.15, 0.2) is 60.0 Å². The molecule has 1 unspecified atom stereocenters. The maximum atomic E-state index is 12.6. The van der Waals surface area contributed by atoms with E-state index in [0.29, 0.717) is 16.5 Å². The number of aromatic nitrogens is 1. The van der Waals surface area contributed by atoms with E-state index in [9.17, 15) is 18.0 Å². The van der Waals surface area contributed by atoms with Crippen molar-refractivity contribution in [2.24, 2.45) is 0 Å². The Bertz CT molecular complexity index is 1160. The molecule has 0 radical (unpaired) electrons. The van der Waals surface area contributed by atoms with E-state index in [0.717, 1.165) is 17.5 Å². The van der Waals surface area contributed by atoms with E-state index in [1.807, 2.05) is 49.4 Å². The fourth-order valence-electron chi connectivity index (χ4n) is 2.77. The summed E-state index contributed by atoms with van der Waals surface area (Å²) in [6.45, 7) is 3.28. The van der Waals surface area contributed by atoms with Crippen LogP contribution in [0.2, 0.25) is 0 Å². The highest BCUT2D eigenvalue weighted by molar-refractivity contribution is 7.93. The summed E-state index contributed by atoms with van der Waals surface area (Å²) in [5.41, 5.74) is 3.19. The van der Waals surface area contributed by atoms with Gasteiger partial charge in [0.25, 0.3) is 0 Å². The van der Waals surface area contributed by atoms with Crippen molar-refractivity contribution in [2.75, 3.05) is 16.4 Å². The van der Waals surface area contributed by atoms with Crippen LogP contribution in [-0.4, -0.2) is 36.2 Å². The van der Waals surface area contributed by atoms with E-state index in [1.165, 1.54) is 18.3 Å². The number of carbonyl (C=O) groups excluding carboxylic acids is 2. The van der Waals surface area contributed by atoms with Gasteiger partial charge in [0.15, 0.2) is 15.0 Å². The van der Waals surface area contributed by atoms with Crippen LogP contribution in [0.5, 0.6) is 0 Å². The molecule has 0 saturated carbocycles. The molecule has 162 valence electrons. The first-order valence-electron chi connectivity index (χ1n) is 9.70. The highest BCUT2D eigenvalue weighted by Crippen LogP contribution is 2.25. The van der Waals surface area contributed by atoms with Gasteiger partial charge in [0.05, 0.1) is 5.69 Å². The SMILES string of the molecule is CCc1ccc(NC(=O)CS(=O)(=O)C(C)C(=O)Nc2nc(-c3ccccc3)cs2)cc1. The summed E-state index contributed by atoms with van der Waals surface area (Å²) in [5, 5.41) is 5.76. The zero-order chi connectivity index (χ0) is 22.4. The van der Waals surface area contributed by atoms with Gasteiger partial charge in [-0.2, -0.15) is 0 Å². The van der Waals surface area contributed by atoms with Crippen molar-refractivity contribution in [1.29, 1.82) is 0 Å². The lowest BCUT2D eigenvalue weighted by Gasteiger charge is -2.12. The zero-order valence-electron chi connectivity index (χ0n) is 17.2. The second-order valence-electron chi connectivity index (χ2n) is 6.94. The number of aryl methyl sites for hydroxylation is 1. The molecule has 1 atom stereocenters. The van der Waals surface area contributed by atoms with Crippen LogP contribution in [0, 0.1) is 0 Å². The minimum Gasteiger partial charge on any atom is -0.325 e. The summed E-state index contributed by atoms with van der Waals surface area (Å²) >= 11 is 1.20. The lowest BCUT2D eigenvalue weighted by molar-refractivity contribution is -0.115. The summed E-state index contributed by atoms with van der Waals surface area (Å²) in [6, 6.07) is 16.6. The van der Waals surface area contributed by atoms with Crippen LogP contribution < -0.4 is 10.6 Å². The Hall–Kier alpha value is -3.04. The quantitative estimate of drug-likeness (QED) is 0.536. The maximum absolute atomic E-state index is 12.6. The summed E-state index contributed by atoms with van der Waals surface area (Å²) < 4.78 is 25.1. The molecule has 2 amide bonds. The Balaban J connectivity index is 1.59. The molecule has 3 rings (SSSR count). The second-order valence-corrected chi connectivity index (χ2v) is 10.1. The first-order valence-corrected chi connectivity index (χ1v) is 12.3. The summed E-state index contributed by atoms with van der Waals surface area (Å²) in [7, 11) is -4.00. The normalized spacial score (nSPS) is 12.2. The van der Waals surface area contributed by atoms with Gasteiger partial charge < -0.3 is 10.6 Å². The predicted molar refractivity (Wildman–Crippen MR) is 124 cm³/mol. The third kappa shape index (κ3) is 5.99. The van der Waals surface area contributed by atoms with E-state index in [1.54, 1.807) is 17.5 Å². The number of carbonyl (C=O) groups is 2. The van der Waals surface area contributed by atoms with Gasteiger partial charge in [0, 0.05) is 16.6 Å². The van der Waals surface area contributed by atoms with Gasteiger partial charge in [-0.1, -0.05) is 49.4 Å². The molecule has 0 fully saturated rings. The number of amides is 2. The molecule has 31 heavy (non-hydrogen) atoms. The third-order valence-electron chi connectivity index (χ3n) is 4.69. The van der Waals surface area contributed by atoms with E-state index >= 15 is 0 Å². The predicted octanol–water partition coefficient (Wildman–Crippen LogP) is 3.75. The average Bonchev–Trinajstić information content (AvgIpc) is 3.22. The number of nitrogens with zero attached hydrogens (tertiary/aromatic N) is 1. The first kappa shape index (κ1) is 22.6. The summed E-state index contributed by atoms with van der Waals surface area (Å²) in [4.78, 5) is 29.0. The van der Waals surface area contributed by atoms with E-state index < -0.39 is 32.7 Å². The van der Waals surface area contributed by atoms with Gasteiger partial charge >= 0.3 is 0 Å². The zero-order valence-corrected chi connectivity index (χ0v) is 18.8. The average molecular weight is 458 g/mol. The number of thiazole rings is 1. The molecule has 0 bridgehead atoms. The number of benzene rings is 2. The minimum absolute atomic E-state index is 0.298. The lowest BCUT2D eigenvalue weighted by Crippen LogP contribution is -2.37. The number of hydrogen-bond acceptors (Lipinski definition) is 6. The second kappa shape index (κ2) is 9.84. The van der Waals surface area contributed by atoms with Crippen molar-refractivity contribution in [1.82, 2.24) is 4.98 Å². The standard InChI is InChI=1S/C22H23N3O4S2/c1-3-16-9-11-18(12-10-16)23-20(26)14-31(28,29)15(2)21(27)25-22-24-19(13-30-22)17-7-5-4-6-8-17/h4-13,15H,3,14H2,1-2H3,(H,23,26)(H,24,25,27). The molecule has 0 saturated heterocycles. The summed E-state index contributed by atoms with van der Waals surface area (Å²) in [5.74, 6) is -2.21. The number of rotatable bonds is 8. The van der Waals surface area contributed by atoms with Gasteiger partial charge in [0.2, 0.25) is 11.8 Å². The fourth-order valence-corrected chi connectivity index (χ4v) is 4.57. The van der Waals surface area contributed by atoms with Crippen molar-refractivity contribution < 1.29 is 18.0 Å². The third-order valence-corrected chi connectivity index (χ3v) is 7.40. The fraction of sp³-hybridized carbons (Fsp3) is 0.227. The Morgan fingerprint density at radius 3 is 2.35 bits per heavy atom. The monoisotopic (exact) mass is 457 g/mol. The van der Waals surface area contributed by atoms with E-state index in [-0.39, 0.29) is 0 Å². The molecule has 0 aliphatic carbocycles. The van der Waals surface area contributed by atoms with E-state index in [4.69, 9.17) is 0 Å². The number of sulfone groups is 1. The van der Waals surface area contributed by atoms with Crippen LogP contribution in [0.1, 0.15) is 19.4 Å². The Kier molecular flexibility index (Phi) is 7.19. The highest BCUT2D eigenvalue weighted by atomic mass is 32.2. The number of anilines is 2. The lowest BCUT2D eigenvalue weighted by atomic mass is 10.1. The molecule has 1 aromatic heterocycles. The Morgan fingerprint density at radius 2 is 1.71 bits per heavy atom. The van der Waals surface area contributed by atoms with Gasteiger partial charge in [0.1, 0.15) is 11.0 Å². The Labute approximate surface area is 185 Å². The smallest absolute Gasteiger partial charge is 0.244 e. The highest BCUT2D eigenvalue weighted by Gasteiger charge is 2.31. The molecule has 0 spiro atoms. The molecule has 3 aromatic rings. The van der Waals surface area contributed by atoms with Crippen LogP contribution >= 0.6 is 11.3 Å². The van der Waals surface area contributed by atoms with E-state index in [2.05, 4.69) is 15.6 Å².